The Hall–Kier alpha value is -1.35. The van der Waals surface area contributed by atoms with E-state index in [0.29, 0.717) is 5.56 Å². The van der Waals surface area contributed by atoms with Crippen molar-refractivity contribution in [2.75, 3.05) is 13.7 Å². The number of carbonyl (C=O) groups is 1. The molecule has 3 heteroatoms. The summed E-state index contributed by atoms with van der Waals surface area (Å²) in [6.07, 6.45) is 6.87. The largest absolute Gasteiger partial charge is 0.465 e. The van der Waals surface area contributed by atoms with E-state index in [1.165, 1.54) is 44.8 Å². The van der Waals surface area contributed by atoms with E-state index in [2.05, 4.69) is 12.2 Å². The fraction of sp³-hybridized carbons (Fsp3) is 0.611. The first-order valence-corrected chi connectivity index (χ1v) is 8.11. The van der Waals surface area contributed by atoms with Gasteiger partial charge in [0, 0.05) is 6.54 Å². The van der Waals surface area contributed by atoms with Gasteiger partial charge in [0.15, 0.2) is 0 Å². The van der Waals surface area contributed by atoms with Crippen LogP contribution in [0.1, 0.15) is 54.9 Å². The Morgan fingerprint density at radius 3 is 2.33 bits per heavy atom. The lowest BCUT2D eigenvalue weighted by molar-refractivity contribution is 0.0600. The molecule has 0 bridgehead atoms. The molecule has 1 fully saturated rings. The standard InChI is InChI=1S/C18H27NO2/c1-3-14-4-6-15(7-5-14)12-19-13-16-8-10-17(11-9-16)18(20)21-2/h8-11,14-15,19H,3-7,12-13H2,1-2H3. The van der Waals surface area contributed by atoms with Gasteiger partial charge in [0.05, 0.1) is 12.7 Å². The summed E-state index contributed by atoms with van der Waals surface area (Å²) in [4.78, 5) is 11.4. The van der Waals surface area contributed by atoms with Crippen molar-refractivity contribution in [1.29, 1.82) is 0 Å². The van der Waals surface area contributed by atoms with Crippen LogP contribution < -0.4 is 5.32 Å². The molecule has 2 rings (SSSR count). The number of hydrogen-bond donors (Lipinski definition) is 1. The van der Waals surface area contributed by atoms with E-state index in [0.717, 1.165) is 24.9 Å². The monoisotopic (exact) mass is 289 g/mol. The molecule has 21 heavy (non-hydrogen) atoms. The van der Waals surface area contributed by atoms with Gasteiger partial charge in [0.1, 0.15) is 0 Å². The first-order valence-electron chi connectivity index (χ1n) is 8.11. The van der Waals surface area contributed by atoms with Gasteiger partial charge in [-0.3, -0.25) is 0 Å². The molecule has 3 nitrogen and oxygen atoms in total. The average Bonchev–Trinajstić information content (AvgIpc) is 2.55. The van der Waals surface area contributed by atoms with Gasteiger partial charge in [-0.25, -0.2) is 4.79 Å². The van der Waals surface area contributed by atoms with Gasteiger partial charge in [0.2, 0.25) is 0 Å². The zero-order chi connectivity index (χ0) is 15.1. The van der Waals surface area contributed by atoms with Gasteiger partial charge in [-0.1, -0.05) is 38.3 Å². The number of benzene rings is 1. The first kappa shape index (κ1) is 16.0. The van der Waals surface area contributed by atoms with Crippen molar-refractivity contribution in [2.24, 2.45) is 11.8 Å². The SMILES string of the molecule is CCC1CCC(CNCc2ccc(C(=O)OC)cc2)CC1. The van der Waals surface area contributed by atoms with Crippen LogP contribution in [0.2, 0.25) is 0 Å². The van der Waals surface area contributed by atoms with Crippen molar-refractivity contribution < 1.29 is 9.53 Å². The van der Waals surface area contributed by atoms with Crippen LogP contribution in [0.25, 0.3) is 0 Å². The average molecular weight is 289 g/mol. The summed E-state index contributed by atoms with van der Waals surface area (Å²) in [6.45, 7) is 4.28. The van der Waals surface area contributed by atoms with Gasteiger partial charge in [-0.05, 0) is 48.9 Å². The van der Waals surface area contributed by atoms with Gasteiger partial charge in [0.25, 0.3) is 0 Å². The Bertz CT molecular complexity index is 433. The number of esters is 1. The van der Waals surface area contributed by atoms with Gasteiger partial charge >= 0.3 is 5.97 Å². The van der Waals surface area contributed by atoms with Crippen LogP contribution in [0, 0.1) is 11.8 Å². The van der Waals surface area contributed by atoms with Gasteiger partial charge < -0.3 is 10.1 Å². The summed E-state index contributed by atoms with van der Waals surface area (Å²) >= 11 is 0. The molecule has 116 valence electrons. The van der Waals surface area contributed by atoms with Crippen molar-refractivity contribution in [3.63, 3.8) is 0 Å². The highest BCUT2D eigenvalue weighted by atomic mass is 16.5. The molecule has 1 aromatic rings. The van der Waals surface area contributed by atoms with E-state index in [1.54, 1.807) is 0 Å². The highest BCUT2D eigenvalue weighted by molar-refractivity contribution is 5.89. The van der Waals surface area contributed by atoms with E-state index in [4.69, 9.17) is 4.74 Å². The predicted octanol–water partition coefficient (Wildman–Crippen LogP) is 3.78. The topological polar surface area (TPSA) is 38.3 Å². The van der Waals surface area contributed by atoms with Crippen molar-refractivity contribution in [3.05, 3.63) is 35.4 Å². The maximum atomic E-state index is 11.4. The minimum Gasteiger partial charge on any atom is -0.465 e. The fourth-order valence-electron chi connectivity index (χ4n) is 3.14. The lowest BCUT2D eigenvalue weighted by atomic mass is 9.81. The lowest BCUT2D eigenvalue weighted by Gasteiger charge is -2.27. The molecule has 1 saturated carbocycles. The van der Waals surface area contributed by atoms with Gasteiger partial charge in [-0.15, -0.1) is 0 Å². The second-order valence-corrected chi connectivity index (χ2v) is 6.11. The van der Waals surface area contributed by atoms with Gasteiger partial charge in [-0.2, -0.15) is 0 Å². The number of nitrogens with one attached hydrogen (secondary N) is 1. The minimum atomic E-state index is -0.276. The van der Waals surface area contributed by atoms with E-state index in [9.17, 15) is 4.79 Å². The Balaban J connectivity index is 1.70. The molecular weight excluding hydrogens is 262 g/mol. The molecule has 1 N–H and O–H groups in total. The summed E-state index contributed by atoms with van der Waals surface area (Å²) in [6, 6.07) is 7.64. The quantitative estimate of drug-likeness (QED) is 0.810. The zero-order valence-electron chi connectivity index (χ0n) is 13.2. The molecule has 1 aliphatic carbocycles. The predicted molar refractivity (Wildman–Crippen MR) is 85.2 cm³/mol. The highest BCUT2D eigenvalue weighted by Gasteiger charge is 2.19. The van der Waals surface area contributed by atoms with Crippen LogP contribution in [-0.2, 0) is 11.3 Å². The number of methoxy groups -OCH3 is 1. The van der Waals surface area contributed by atoms with Crippen molar-refractivity contribution in [1.82, 2.24) is 5.32 Å². The maximum absolute atomic E-state index is 11.4. The third kappa shape index (κ3) is 4.85. The molecule has 0 saturated heterocycles. The molecule has 0 aliphatic heterocycles. The molecule has 0 spiro atoms. The minimum absolute atomic E-state index is 0.276. The lowest BCUT2D eigenvalue weighted by Crippen LogP contribution is -2.26. The molecule has 0 atom stereocenters. The number of carbonyl (C=O) groups excluding carboxylic acids is 1. The molecule has 0 heterocycles. The van der Waals surface area contributed by atoms with Crippen LogP contribution in [-0.4, -0.2) is 19.6 Å². The van der Waals surface area contributed by atoms with Crippen LogP contribution in [0.4, 0.5) is 0 Å². The summed E-state index contributed by atoms with van der Waals surface area (Å²) < 4.78 is 4.70. The Morgan fingerprint density at radius 2 is 1.76 bits per heavy atom. The van der Waals surface area contributed by atoms with Crippen molar-refractivity contribution in [3.8, 4) is 0 Å². The fourth-order valence-corrected chi connectivity index (χ4v) is 3.14. The normalized spacial score (nSPS) is 22.0. The van der Waals surface area contributed by atoms with Crippen molar-refractivity contribution >= 4 is 5.97 Å². The smallest absolute Gasteiger partial charge is 0.337 e. The maximum Gasteiger partial charge on any atom is 0.337 e. The van der Waals surface area contributed by atoms with E-state index < -0.39 is 0 Å². The van der Waals surface area contributed by atoms with E-state index in [-0.39, 0.29) is 5.97 Å². The Morgan fingerprint density at radius 1 is 1.14 bits per heavy atom. The molecule has 0 aromatic heterocycles. The summed E-state index contributed by atoms with van der Waals surface area (Å²) in [5, 5.41) is 3.55. The first-order chi connectivity index (χ1) is 10.2. The number of hydrogen-bond acceptors (Lipinski definition) is 3. The molecule has 0 amide bonds. The van der Waals surface area contributed by atoms with E-state index >= 15 is 0 Å². The van der Waals surface area contributed by atoms with Crippen LogP contribution in [0.15, 0.2) is 24.3 Å². The molecule has 0 unspecified atom stereocenters. The summed E-state index contributed by atoms with van der Waals surface area (Å²) in [7, 11) is 1.41. The summed E-state index contributed by atoms with van der Waals surface area (Å²) in [5.74, 6) is 1.52. The van der Waals surface area contributed by atoms with Crippen molar-refractivity contribution in [2.45, 2.75) is 45.6 Å². The number of rotatable bonds is 6. The molecule has 1 aromatic carbocycles. The zero-order valence-corrected chi connectivity index (χ0v) is 13.2. The third-order valence-corrected chi connectivity index (χ3v) is 4.68. The van der Waals surface area contributed by atoms with Crippen LogP contribution >= 0.6 is 0 Å². The second kappa shape index (κ2) is 8.18. The summed E-state index contributed by atoms with van der Waals surface area (Å²) in [5.41, 5.74) is 1.82. The highest BCUT2D eigenvalue weighted by Crippen LogP contribution is 2.30. The molecular formula is C18H27NO2. The van der Waals surface area contributed by atoms with E-state index in [1.807, 2.05) is 24.3 Å². The molecule has 0 radical (unpaired) electrons. The second-order valence-electron chi connectivity index (χ2n) is 6.11. The Kier molecular flexibility index (Phi) is 6.24. The molecule has 1 aliphatic rings. The number of ether oxygens (including phenoxy) is 1. The Labute approximate surface area is 128 Å². The third-order valence-electron chi connectivity index (χ3n) is 4.68. The van der Waals surface area contributed by atoms with Crippen LogP contribution in [0.5, 0.6) is 0 Å². The van der Waals surface area contributed by atoms with Crippen LogP contribution in [0.3, 0.4) is 0 Å².